The fourth-order valence-electron chi connectivity index (χ4n) is 2.46. The Labute approximate surface area is 132 Å². The molecule has 0 unspecified atom stereocenters. The summed E-state index contributed by atoms with van der Waals surface area (Å²) >= 11 is 1.21. The lowest BCUT2D eigenvalue weighted by Crippen LogP contribution is -2.43. The molecule has 0 atom stereocenters. The van der Waals surface area contributed by atoms with Crippen molar-refractivity contribution < 1.29 is 13.2 Å². The summed E-state index contributed by atoms with van der Waals surface area (Å²) in [5.74, 6) is -0.226. The molecule has 2 aromatic heterocycles. The Hall–Kier alpha value is -1.74. The molecule has 1 saturated heterocycles. The van der Waals surface area contributed by atoms with Crippen molar-refractivity contribution in [3.05, 3.63) is 16.1 Å². The number of thiophene rings is 1. The molecule has 22 heavy (non-hydrogen) atoms. The zero-order valence-corrected chi connectivity index (χ0v) is 13.9. The van der Waals surface area contributed by atoms with E-state index in [1.54, 1.807) is 0 Å². The van der Waals surface area contributed by atoms with E-state index < -0.39 is 9.84 Å². The molecule has 1 aliphatic rings. The van der Waals surface area contributed by atoms with E-state index >= 15 is 0 Å². The van der Waals surface area contributed by atoms with Crippen molar-refractivity contribution in [3.63, 3.8) is 0 Å². The van der Waals surface area contributed by atoms with E-state index in [2.05, 4.69) is 10.2 Å². The number of hydrogen-bond acceptors (Lipinski definition) is 7. The van der Waals surface area contributed by atoms with Gasteiger partial charge < -0.3 is 10.6 Å². The number of sulfone groups is 1. The van der Waals surface area contributed by atoms with Crippen LogP contribution in [0.25, 0.3) is 10.2 Å². The van der Waals surface area contributed by atoms with Crippen molar-refractivity contribution in [2.75, 3.05) is 30.3 Å². The molecule has 0 aromatic carbocycles. The van der Waals surface area contributed by atoms with E-state index in [1.807, 2.05) is 13.8 Å². The highest BCUT2D eigenvalue weighted by Gasteiger charge is 2.29. The molecular weight excluding hydrogens is 324 g/mol. The molecule has 0 aliphatic carbocycles. The third-order valence-corrected chi connectivity index (χ3v) is 6.65. The monoisotopic (exact) mass is 340 g/mol. The second-order valence-corrected chi connectivity index (χ2v) is 8.68. The van der Waals surface area contributed by atoms with Gasteiger partial charge in [0.25, 0.3) is 5.91 Å². The Morgan fingerprint density at radius 2 is 1.86 bits per heavy atom. The predicted octanol–water partition coefficient (Wildman–Crippen LogP) is 0.761. The minimum atomic E-state index is -3.02. The van der Waals surface area contributed by atoms with Crippen LogP contribution in [0.3, 0.4) is 0 Å². The van der Waals surface area contributed by atoms with Crippen LogP contribution in [0.2, 0.25) is 0 Å². The van der Waals surface area contributed by atoms with Gasteiger partial charge in [-0.25, -0.2) is 8.42 Å². The average Bonchev–Trinajstić information content (AvgIpc) is 2.80. The van der Waals surface area contributed by atoms with Crippen molar-refractivity contribution in [1.82, 2.24) is 15.1 Å². The van der Waals surface area contributed by atoms with E-state index in [9.17, 15) is 13.2 Å². The van der Waals surface area contributed by atoms with Gasteiger partial charge in [-0.3, -0.25) is 4.79 Å². The van der Waals surface area contributed by atoms with Crippen LogP contribution in [0.15, 0.2) is 0 Å². The SMILES string of the molecule is Cc1nnc2sc(C(=O)N3CCS(=O)(=O)CC3)c(N)c2c1C. The van der Waals surface area contributed by atoms with Gasteiger partial charge in [0.1, 0.15) is 9.71 Å². The summed E-state index contributed by atoms with van der Waals surface area (Å²) in [7, 11) is -3.02. The van der Waals surface area contributed by atoms with E-state index in [-0.39, 0.29) is 30.5 Å². The quantitative estimate of drug-likeness (QED) is 0.821. The number of rotatable bonds is 1. The van der Waals surface area contributed by atoms with Gasteiger partial charge in [0, 0.05) is 18.5 Å². The Bertz CT molecular complexity index is 859. The van der Waals surface area contributed by atoms with Crippen LogP contribution >= 0.6 is 11.3 Å². The Kier molecular flexibility index (Phi) is 3.56. The van der Waals surface area contributed by atoms with E-state index in [0.717, 1.165) is 16.6 Å². The zero-order valence-electron chi connectivity index (χ0n) is 12.3. The van der Waals surface area contributed by atoms with Crippen LogP contribution in [0.1, 0.15) is 20.9 Å². The molecule has 3 rings (SSSR count). The maximum atomic E-state index is 12.6. The summed E-state index contributed by atoms with van der Waals surface area (Å²) in [6.45, 7) is 4.16. The Morgan fingerprint density at radius 1 is 1.23 bits per heavy atom. The van der Waals surface area contributed by atoms with Crippen molar-refractivity contribution >= 4 is 43.0 Å². The number of aryl methyl sites for hydroxylation is 2. The van der Waals surface area contributed by atoms with E-state index in [4.69, 9.17) is 5.73 Å². The van der Waals surface area contributed by atoms with Crippen LogP contribution in [-0.4, -0.2) is 54.0 Å². The highest BCUT2D eigenvalue weighted by molar-refractivity contribution is 7.91. The number of carbonyl (C=O) groups excluding carboxylic acids is 1. The first-order chi connectivity index (χ1) is 10.3. The molecule has 9 heteroatoms. The molecule has 7 nitrogen and oxygen atoms in total. The number of hydrogen-bond donors (Lipinski definition) is 1. The molecule has 1 fully saturated rings. The van der Waals surface area contributed by atoms with E-state index in [0.29, 0.717) is 15.4 Å². The Balaban J connectivity index is 1.99. The lowest BCUT2D eigenvalue weighted by molar-refractivity contribution is 0.0776. The van der Waals surface area contributed by atoms with Crippen molar-refractivity contribution in [1.29, 1.82) is 0 Å². The summed E-state index contributed by atoms with van der Waals surface area (Å²) in [5.41, 5.74) is 8.25. The second kappa shape index (κ2) is 5.17. The first-order valence-electron chi connectivity index (χ1n) is 6.82. The highest BCUT2D eigenvalue weighted by Crippen LogP contribution is 2.35. The molecule has 0 saturated carbocycles. The molecule has 0 bridgehead atoms. The number of amides is 1. The molecule has 0 radical (unpaired) electrons. The number of fused-ring (bicyclic) bond motifs is 1. The van der Waals surface area contributed by atoms with Gasteiger partial charge in [0.2, 0.25) is 0 Å². The Morgan fingerprint density at radius 3 is 2.50 bits per heavy atom. The number of carbonyl (C=O) groups is 1. The third kappa shape index (κ3) is 2.44. The van der Waals surface area contributed by atoms with Gasteiger partial charge in [-0.1, -0.05) is 0 Å². The van der Waals surface area contributed by atoms with Crippen molar-refractivity contribution in [2.24, 2.45) is 0 Å². The number of nitrogens with zero attached hydrogens (tertiary/aromatic N) is 3. The lowest BCUT2D eigenvalue weighted by atomic mass is 10.1. The van der Waals surface area contributed by atoms with Crippen LogP contribution in [-0.2, 0) is 9.84 Å². The molecular formula is C13H16N4O3S2. The number of nitrogens with two attached hydrogens (primary N) is 1. The van der Waals surface area contributed by atoms with Crippen LogP contribution in [0.4, 0.5) is 5.69 Å². The van der Waals surface area contributed by atoms with Crippen LogP contribution in [0.5, 0.6) is 0 Å². The largest absolute Gasteiger partial charge is 0.397 e. The summed E-state index contributed by atoms with van der Waals surface area (Å²) in [5, 5.41) is 8.92. The first-order valence-corrected chi connectivity index (χ1v) is 9.45. The number of anilines is 1. The molecule has 2 aromatic rings. The standard InChI is InChI=1S/C13H16N4O3S2/c1-7-8(2)15-16-12-9(7)10(14)11(21-12)13(18)17-3-5-22(19,20)6-4-17/h3-6,14H2,1-2H3. The van der Waals surface area contributed by atoms with Crippen LogP contribution in [0, 0.1) is 13.8 Å². The van der Waals surface area contributed by atoms with Gasteiger partial charge in [-0.15, -0.1) is 16.4 Å². The first kappa shape index (κ1) is 15.2. The van der Waals surface area contributed by atoms with Crippen molar-refractivity contribution in [3.8, 4) is 0 Å². The normalized spacial score (nSPS) is 17.8. The molecule has 2 N–H and O–H groups in total. The summed E-state index contributed by atoms with van der Waals surface area (Å²) in [4.78, 5) is 15.2. The average molecular weight is 340 g/mol. The molecule has 3 heterocycles. The van der Waals surface area contributed by atoms with Gasteiger partial charge in [-0.2, -0.15) is 5.10 Å². The highest BCUT2D eigenvalue weighted by atomic mass is 32.2. The van der Waals surface area contributed by atoms with E-state index in [1.165, 1.54) is 16.2 Å². The molecule has 118 valence electrons. The third-order valence-electron chi connectivity index (χ3n) is 3.96. The molecule has 0 spiro atoms. The van der Waals surface area contributed by atoms with Crippen LogP contribution < -0.4 is 5.73 Å². The molecule has 1 aliphatic heterocycles. The van der Waals surface area contributed by atoms with Gasteiger partial charge in [0.15, 0.2) is 9.84 Å². The minimum Gasteiger partial charge on any atom is -0.397 e. The van der Waals surface area contributed by atoms with Gasteiger partial charge >= 0.3 is 0 Å². The maximum absolute atomic E-state index is 12.6. The smallest absolute Gasteiger partial charge is 0.266 e. The summed E-state index contributed by atoms with van der Waals surface area (Å²) in [6.07, 6.45) is 0. The fourth-order valence-corrected chi connectivity index (χ4v) is 4.73. The number of aromatic nitrogens is 2. The lowest BCUT2D eigenvalue weighted by Gasteiger charge is -2.26. The molecule has 1 amide bonds. The summed E-state index contributed by atoms with van der Waals surface area (Å²) < 4.78 is 22.9. The predicted molar refractivity (Wildman–Crippen MR) is 85.9 cm³/mol. The second-order valence-electron chi connectivity index (χ2n) is 5.38. The van der Waals surface area contributed by atoms with Crippen molar-refractivity contribution in [2.45, 2.75) is 13.8 Å². The number of nitrogen functional groups attached to an aromatic ring is 1. The topological polar surface area (TPSA) is 106 Å². The summed E-state index contributed by atoms with van der Waals surface area (Å²) in [6, 6.07) is 0. The maximum Gasteiger partial charge on any atom is 0.266 e. The van der Waals surface area contributed by atoms with Gasteiger partial charge in [-0.05, 0) is 19.4 Å². The fraction of sp³-hybridized carbons (Fsp3) is 0.462. The van der Waals surface area contributed by atoms with Gasteiger partial charge in [0.05, 0.1) is 22.9 Å². The minimum absolute atomic E-state index is 0.00147. The zero-order chi connectivity index (χ0) is 16.1.